The standard InChI is InChI=1S/C26H34N6O2S/c1-20-15-21(2)17-31(16-20)25-27-28-26(32(25)18-23-9-6-14-34-23)35-19-24(33)30-12-10-29(11-13-30)22-7-4-3-5-8-22/h3-9,14,20-21H,10-13,15-19H2,1-2H3. The molecule has 0 bridgehead atoms. The number of nitrogens with zero attached hydrogens (tertiary/aromatic N) is 6. The Balaban J connectivity index is 1.24. The molecule has 0 aliphatic carbocycles. The molecular weight excluding hydrogens is 460 g/mol. The van der Waals surface area contributed by atoms with E-state index < -0.39 is 0 Å². The first kappa shape index (κ1) is 23.8. The summed E-state index contributed by atoms with van der Waals surface area (Å²) < 4.78 is 7.74. The first-order valence-electron chi connectivity index (χ1n) is 12.5. The maximum Gasteiger partial charge on any atom is 0.233 e. The zero-order valence-corrected chi connectivity index (χ0v) is 21.4. The van der Waals surface area contributed by atoms with Gasteiger partial charge in [0, 0.05) is 45.0 Å². The van der Waals surface area contributed by atoms with E-state index in [9.17, 15) is 4.79 Å². The van der Waals surface area contributed by atoms with Crippen molar-refractivity contribution in [2.75, 3.05) is 54.8 Å². The zero-order chi connectivity index (χ0) is 24.2. The summed E-state index contributed by atoms with van der Waals surface area (Å²) in [6.45, 7) is 10.3. The van der Waals surface area contributed by atoms with E-state index in [-0.39, 0.29) is 5.91 Å². The van der Waals surface area contributed by atoms with Crippen LogP contribution in [-0.4, -0.2) is 70.6 Å². The van der Waals surface area contributed by atoms with E-state index in [1.807, 2.05) is 23.1 Å². The van der Waals surface area contributed by atoms with Gasteiger partial charge >= 0.3 is 0 Å². The number of para-hydroxylation sites is 1. The summed E-state index contributed by atoms with van der Waals surface area (Å²) in [6, 6.07) is 14.3. The average Bonchev–Trinajstić information content (AvgIpc) is 3.53. The van der Waals surface area contributed by atoms with E-state index in [0.29, 0.717) is 24.1 Å². The van der Waals surface area contributed by atoms with Crippen LogP contribution in [-0.2, 0) is 11.3 Å². The lowest BCUT2D eigenvalue weighted by atomic mass is 9.92. The molecule has 2 atom stereocenters. The summed E-state index contributed by atoms with van der Waals surface area (Å²) in [5, 5.41) is 9.83. The lowest BCUT2D eigenvalue weighted by molar-refractivity contribution is -0.128. The number of carbonyl (C=O) groups is 1. The highest BCUT2D eigenvalue weighted by Gasteiger charge is 2.28. The topological polar surface area (TPSA) is 70.6 Å². The third kappa shape index (κ3) is 5.66. The molecule has 0 spiro atoms. The molecule has 8 nitrogen and oxygen atoms in total. The van der Waals surface area contributed by atoms with Crippen LogP contribution in [0.15, 0.2) is 58.3 Å². The largest absolute Gasteiger partial charge is 0.467 e. The van der Waals surface area contributed by atoms with Gasteiger partial charge in [-0.05, 0) is 42.5 Å². The van der Waals surface area contributed by atoms with Gasteiger partial charge in [-0.2, -0.15) is 0 Å². The van der Waals surface area contributed by atoms with Crippen LogP contribution in [0.1, 0.15) is 26.0 Å². The number of benzene rings is 1. The van der Waals surface area contributed by atoms with Gasteiger partial charge in [-0.1, -0.05) is 43.8 Å². The van der Waals surface area contributed by atoms with Gasteiger partial charge in [-0.3, -0.25) is 9.36 Å². The van der Waals surface area contributed by atoms with Crippen molar-refractivity contribution < 1.29 is 9.21 Å². The summed E-state index contributed by atoms with van der Waals surface area (Å²) in [7, 11) is 0. The number of hydrogen-bond donors (Lipinski definition) is 0. The van der Waals surface area contributed by atoms with E-state index in [4.69, 9.17) is 4.42 Å². The molecule has 2 aromatic heterocycles. The fourth-order valence-corrected chi connectivity index (χ4v) is 6.05. The molecule has 186 valence electrons. The number of piperidine rings is 1. The number of piperazine rings is 1. The first-order chi connectivity index (χ1) is 17.1. The second-order valence-electron chi connectivity index (χ2n) is 9.79. The van der Waals surface area contributed by atoms with Gasteiger partial charge in [-0.25, -0.2) is 0 Å². The zero-order valence-electron chi connectivity index (χ0n) is 20.5. The molecule has 2 aliphatic heterocycles. The van der Waals surface area contributed by atoms with Gasteiger partial charge in [-0.15, -0.1) is 10.2 Å². The van der Waals surface area contributed by atoms with Crippen LogP contribution in [0.25, 0.3) is 0 Å². The van der Waals surface area contributed by atoms with Gasteiger partial charge in [0.15, 0.2) is 5.16 Å². The lowest BCUT2D eigenvalue weighted by Gasteiger charge is -2.36. The van der Waals surface area contributed by atoms with Crippen molar-refractivity contribution in [1.29, 1.82) is 0 Å². The lowest BCUT2D eigenvalue weighted by Crippen LogP contribution is -2.49. The summed E-state index contributed by atoms with van der Waals surface area (Å²) in [6.07, 6.45) is 2.92. The molecule has 4 heterocycles. The van der Waals surface area contributed by atoms with Crippen LogP contribution in [0.4, 0.5) is 11.6 Å². The van der Waals surface area contributed by atoms with E-state index in [0.717, 1.165) is 56.1 Å². The molecule has 2 saturated heterocycles. The second-order valence-corrected chi connectivity index (χ2v) is 10.7. The maximum absolute atomic E-state index is 13.0. The predicted octanol–water partition coefficient (Wildman–Crippen LogP) is 3.84. The van der Waals surface area contributed by atoms with Gasteiger partial charge in [0.05, 0.1) is 18.6 Å². The smallest absolute Gasteiger partial charge is 0.233 e. The number of carbonyl (C=O) groups excluding carboxylic acids is 1. The van der Waals surface area contributed by atoms with Gasteiger partial charge < -0.3 is 19.1 Å². The van der Waals surface area contributed by atoms with E-state index in [2.05, 4.69) is 62.7 Å². The highest BCUT2D eigenvalue weighted by Crippen LogP contribution is 2.29. The summed E-state index contributed by atoms with van der Waals surface area (Å²) in [5.41, 5.74) is 1.22. The molecule has 1 aromatic carbocycles. The van der Waals surface area contributed by atoms with Crippen molar-refractivity contribution in [3.05, 3.63) is 54.5 Å². The molecular formula is C26H34N6O2S. The number of hydrogen-bond acceptors (Lipinski definition) is 7. The summed E-state index contributed by atoms with van der Waals surface area (Å²) in [4.78, 5) is 19.7. The van der Waals surface area contributed by atoms with Crippen molar-refractivity contribution >= 4 is 29.3 Å². The minimum Gasteiger partial charge on any atom is -0.467 e. The van der Waals surface area contributed by atoms with E-state index >= 15 is 0 Å². The van der Waals surface area contributed by atoms with Crippen molar-refractivity contribution in [3.63, 3.8) is 0 Å². The van der Waals surface area contributed by atoms with Gasteiger partial charge in [0.2, 0.25) is 11.9 Å². The molecule has 9 heteroatoms. The highest BCUT2D eigenvalue weighted by molar-refractivity contribution is 7.99. The quantitative estimate of drug-likeness (QED) is 0.462. The Morgan fingerprint density at radius 1 is 0.971 bits per heavy atom. The molecule has 3 aromatic rings. The third-order valence-electron chi connectivity index (χ3n) is 6.82. The normalized spacial score (nSPS) is 20.9. The fraction of sp³-hybridized carbons (Fsp3) is 0.500. The Morgan fingerprint density at radius 2 is 1.71 bits per heavy atom. The van der Waals surface area contributed by atoms with Gasteiger partial charge in [0.1, 0.15) is 5.76 Å². The molecule has 2 unspecified atom stereocenters. The van der Waals surface area contributed by atoms with Crippen LogP contribution in [0.3, 0.4) is 0 Å². The van der Waals surface area contributed by atoms with Crippen LogP contribution in [0.2, 0.25) is 0 Å². The number of furan rings is 1. The minimum atomic E-state index is 0.150. The van der Waals surface area contributed by atoms with Crippen molar-refractivity contribution in [2.24, 2.45) is 11.8 Å². The molecule has 1 amide bonds. The number of thioether (sulfide) groups is 1. The Labute approximate surface area is 211 Å². The number of amides is 1. The summed E-state index contributed by atoms with van der Waals surface area (Å²) >= 11 is 1.47. The van der Waals surface area contributed by atoms with Crippen LogP contribution in [0, 0.1) is 11.8 Å². The second kappa shape index (κ2) is 10.8. The molecule has 0 N–H and O–H groups in total. The minimum absolute atomic E-state index is 0.150. The van der Waals surface area contributed by atoms with Crippen LogP contribution >= 0.6 is 11.8 Å². The first-order valence-corrected chi connectivity index (χ1v) is 13.5. The Kier molecular flexibility index (Phi) is 7.32. The van der Waals surface area contributed by atoms with Crippen LogP contribution < -0.4 is 9.80 Å². The number of aromatic nitrogens is 3. The molecule has 0 radical (unpaired) electrons. The Bertz CT molecular complexity index is 1080. The molecule has 2 fully saturated rings. The SMILES string of the molecule is CC1CC(C)CN(c2nnc(SCC(=O)N3CCN(c4ccccc4)CC3)n2Cc2ccco2)C1. The summed E-state index contributed by atoms with van der Waals surface area (Å²) in [5.74, 6) is 3.45. The van der Waals surface area contributed by atoms with Crippen molar-refractivity contribution in [2.45, 2.75) is 32.0 Å². The molecule has 35 heavy (non-hydrogen) atoms. The van der Waals surface area contributed by atoms with Gasteiger partial charge in [0.25, 0.3) is 0 Å². The molecule has 2 aliphatic rings. The van der Waals surface area contributed by atoms with Crippen molar-refractivity contribution in [3.8, 4) is 0 Å². The highest BCUT2D eigenvalue weighted by atomic mass is 32.2. The number of anilines is 2. The van der Waals surface area contributed by atoms with E-state index in [1.54, 1.807) is 6.26 Å². The fourth-order valence-electron chi connectivity index (χ4n) is 5.22. The Morgan fingerprint density at radius 3 is 2.40 bits per heavy atom. The maximum atomic E-state index is 13.0. The molecule has 5 rings (SSSR count). The number of rotatable bonds is 7. The van der Waals surface area contributed by atoms with E-state index in [1.165, 1.54) is 23.9 Å². The Hall–Kier alpha value is -2.94. The third-order valence-corrected chi connectivity index (χ3v) is 7.77. The monoisotopic (exact) mass is 494 g/mol. The van der Waals surface area contributed by atoms with Crippen molar-refractivity contribution in [1.82, 2.24) is 19.7 Å². The predicted molar refractivity (Wildman–Crippen MR) is 139 cm³/mol. The average molecular weight is 495 g/mol. The molecule has 0 saturated carbocycles. The van der Waals surface area contributed by atoms with Crippen LogP contribution in [0.5, 0.6) is 0 Å².